The number of carbonyl (C=O) groups excluding carboxylic acids is 2. The van der Waals surface area contributed by atoms with Gasteiger partial charge in [0.15, 0.2) is 5.85 Å². The fourth-order valence-electron chi connectivity index (χ4n) is 5.89. The van der Waals surface area contributed by atoms with Gasteiger partial charge in [0.05, 0.1) is 19.0 Å². The van der Waals surface area contributed by atoms with Gasteiger partial charge in [0.1, 0.15) is 12.8 Å². The highest BCUT2D eigenvalue weighted by Gasteiger charge is 2.41. The molecule has 11 nitrogen and oxygen atoms in total. The van der Waals surface area contributed by atoms with Crippen molar-refractivity contribution in [2.45, 2.75) is 89.1 Å². The Bertz CT molecular complexity index is 1390. The Morgan fingerprint density at radius 3 is 2.28 bits per heavy atom. The van der Waals surface area contributed by atoms with Crippen molar-refractivity contribution in [3.05, 3.63) is 90.0 Å². The molecule has 1 unspecified atom stereocenters. The van der Waals surface area contributed by atoms with Crippen LogP contribution in [0, 0.1) is 5.92 Å². The molecule has 1 aliphatic carbocycles. The summed E-state index contributed by atoms with van der Waals surface area (Å²) in [6.45, 7) is 0.604. The third-order valence-electron chi connectivity index (χ3n) is 8.52. The summed E-state index contributed by atoms with van der Waals surface area (Å²) >= 11 is 0. The molecule has 0 radical (unpaired) electrons. The molecule has 3 N–H and O–H groups in total. The molecular weight excluding hydrogens is 607 g/mol. The molecule has 1 heterocycles. The molecule has 3 aromatic rings. The number of carbonyl (C=O) groups is 2. The SMILES string of the molecule is COP(=O)(OC)C(O)[C@H](CC1CCCCC1)NC(=O)[C@H](Cc1cncn1COCc1ccccc1)NC(=O)CCc1ccccc1. The van der Waals surface area contributed by atoms with Crippen LogP contribution in [0.4, 0.5) is 0 Å². The Labute approximate surface area is 271 Å². The number of ether oxygens (including phenoxy) is 1. The summed E-state index contributed by atoms with van der Waals surface area (Å²) in [4.78, 5) is 31.4. The second kappa shape index (κ2) is 18.1. The van der Waals surface area contributed by atoms with E-state index in [9.17, 15) is 19.3 Å². The minimum atomic E-state index is -3.93. The van der Waals surface area contributed by atoms with Crippen LogP contribution in [0.25, 0.3) is 0 Å². The molecule has 46 heavy (non-hydrogen) atoms. The maximum atomic E-state index is 14.0. The lowest BCUT2D eigenvalue weighted by molar-refractivity contribution is -0.129. The lowest BCUT2D eigenvalue weighted by Gasteiger charge is -2.33. The van der Waals surface area contributed by atoms with Crippen molar-refractivity contribution in [2.24, 2.45) is 5.92 Å². The summed E-state index contributed by atoms with van der Waals surface area (Å²) in [5, 5.41) is 17.0. The normalized spacial score (nSPS) is 16.0. The molecule has 3 atom stereocenters. The van der Waals surface area contributed by atoms with Crippen LogP contribution in [0.1, 0.15) is 61.8 Å². The van der Waals surface area contributed by atoms with Crippen LogP contribution in [0.5, 0.6) is 0 Å². The number of nitrogens with one attached hydrogen (secondary N) is 2. The number of aromatic nitrogens is 2. The van der Waals surface area contributed by atoms with E-state index >= 15 is 0 Å². The third-order valence-corrected chi connectivity index (χ3v) is 10.5. The van der Waals surface area contributed by atoms with Gasteiger partial charge < -0.3 is 34.1 Å². The van der Waals surface area contributed by atoms with Gasteiger partial charge in [-0.25, -0.2) is 4.98 Å². The molecule has 0 aliphatic heterocycles. The van der Waals surface area contributed by atoms with E-state index in [2.05, 4.69) is 15.6 Å². The van der Waals surface area contributed by atoms with Gasteiger partial charge in [0.2, 0.25) is 11.8 Å². The molecule has 1 aliphatic rings. The number of hydrogen-bond donors (Lipinski definition) is 3. The molecule has 12 heteroatoms. The number of aryl methyl sites for hydroxylation is 1. The third kappa shape index (κ3) is 10.6. The molecule has 1 fully saturated rings. The lowest BCUT2D eigenvalue weighted by Crippen LogP contribution is -2.54. The van der Waals surface area contributed by atoms with Crippen molar-refractivity contribution in [3.8, 4) is 0 Å². The van der Waals surface area contributed by atoms with Crippen molar-refractivity contribution >= 4 is 19.4 Å². The molecule has 0 saturated heterocycles. The highest BCUT2D eigenvalue weighted by Crippen LogP contribution is 2.52. The fraction of sp³-hybridized carbons (Fsp3) is 0.500. The molecule has 2 amide bonds. The van der Waals surface area contributed by atoms with Crippen LogP contribution in [-0.4, -0.2) is 58.6 Å². The minimum absolute atomic E-state index is 0.121. The number of rotatable bonds is 18. The van der Waals surface area contributed by atoms with Crippen LogP contribution in [-0.2, 0) is 54.1 Å². The van der Waals surface area contributed by atoms with Gasteiger partial charge in [-0.2, -0.15) is 0 Å². The first-order valence-corrected chi connectivity index (χ1v) is 17.6. The Kier molecular flexibility index (Phi) is 14.0. The van der Waals surface area contributed by atoms with Crippen LogP contribution in [0.15, 0.2) is 73.2 Å². The van der Waals surface area contributed by atoms with E-state index in [1.165, 1.54) is 14.2 Å². The summed E-state index contributed by atoms with van der Waals surface area (Å²) in [6.07, 6.45) is 9.65. The Morgan fingerprint density at radius 2 is 1.63 bits per heavy atom. The average Bonchev–Trinajstić information content (AvgIpc) is 3.54. The average molecular weight is 655 g/mol. The lowest BCUT2D eigenvalue weighted by atomic mass is 9.85. The van der Waals surface area contributed by atoms with Crippen LogP contribution < -0.4 is 10.6 Å². The standard InChI is InChI=1S/C34H47N4O7P/c1-43-46(42,44-2)34(41)31(20-27-14-8-4-9-15-27)37-33(40)30(36-32(39)19-18-26-12-6-3-7-13-26)21-29-22-35-24-38(29)25-45-23-28-16-10-5-11-17-28/h3,5-7,10-13,16-17,22,24,27,30-31,34,41H,4,8-9,14-15,18-21,23,25H2,1-2H3,(H,36,39)(H,37,40)/t30-,31-,34?/m0/s1. The van der Waals surface area contributed by atoms with Crippen LogP contribution in [0.2, 0.25) is 0 Å². The van der Waals surface area contributed by atoms with E-state index < -0.39 is 31.4 Å². The number of aliphatic hydroxyl groups excluding tert-OH is 1. The molecule has 2 aromatic carbocycles. The van der Waals surface area contributed by atoms with Gasteiger partial charge in [-0.05, 0) is 29.9 Å². The second-order valence-electron chi connectivity index (χ2n) is 11.8. The number of nitrogens with zero attached hydrogens (tertiary/aromatic N) is 2. The van der Waals surface area contributed by atoms with Crippen molar-refractivity contribution in [3.63, 3.8) is 0 Å². The predicted molar refractivity (Wildman–Crippen MR) is 175 cm³/mol. The predicted octanol–water partition coefficient (Wildman–Crippen LogP) is 4.98. The van der Waals surface area contributed by atoms with Gasteiger partial charge in [0, 0.05) is 39.0 Å². The summed E-state index contributed by atoms with van der Waals surface area (Å²) < 4.78 is 31.1. The summed E-state index contributed by atoms with van der Waals surface area (Å²) in [5.74, 6) is -2.15. The molecule has 4 rings (SSSR count). The van der Waals surface area contributed by atoms with Gasteiger partial charge in [-0.3, -0.25) is 14.2 Å². The molecule has 1 aromatic heterocycles. The second-order valence-corrected chi connectivity index (χ2v) is 14.1. The highest BCUT2D eigenvalue weighted by molar-refractivity contribution is 7.54. The maximum Gasteiger partial charge on any atom is 0.360 e. The maximum absolute atomic E-state index is 14.0. The Balaban J connectivity index is 1.50. The van der Waals surface area contributed by atoms with E-state index in [4.69, 9.17) is 13.8 Å². The van der Waals surface area contributed by atoms with E-state index in [0.29, 0.717) is 25.1 Å². The summed E-state index contributed by atoms with van der Waals surface area (Å²) in [5.41, 5.74) is 2.72. The van der Waals surface area contributed by atoms with E-state index in [0.717, 1.165) is 43.2 Å². The molecule has 1 saturated carbocycles. The first-order valence-electron chi connectivity index (χ1n) is 15.9. The largest absolute Gasteiger partial charge is 0.379 e. The highest BCUT2D eigenvalue weighted by atomic mass is 31.2. The van der Waals surface area contributed by atoms with E-state index in [1.807, 2.05) is 60.7 Å². The molecule has 0 spiro atoms. The first-order chi connectivity index (χ1) is 22.3. The van der Waals surface area contributed by atoms with Crippen molar-refractivity contribution in [1.82, 2.24) is 20.2 Å². The summed E-state index contributed by atoms with van der Waals surface area (Å²) in [6, 6.07) is 17.5. The monoisotopic (exact) mass is 654 g/mol. The number of benzene rings is 2. The number of amides is 2. The van der Waals surface area contributed by atoms with Gasteiger partial charge in [-0.1, -0.05) is 92.8 Å². The van der Waals surface area contributed by atoms with E-state index in [-0.39, 0.29) is 31.4 Å². The van der Waals surface area contributed by atoms with Crippen molar-refractivity contribution in [1.29, 1.82) is 0 Å². The van der Waals surface area contributed by atoms with Gasteiger partial charge >= 0.3 is 7.60 Å². The van der Waals surface area contributed by atoms with Gasteiger partial charge in [0.25, 0.3) is 0 Å². The van der Waals surface area contributed by atoms with E-state index in [1.54, 1.807) is 17.1 Å². The van der Waals surface area contributed by atoms with Crippen molar-refractivity contribution < 1.29 is 33.0 Å². The minimum Gasteiger partial charge on any atom is -0.379 e. The Morgan fingerprint density at radius 1 is 0.978 bits per heavy atom. The number of hydrogen-bond acceptors (Lipinski definition) is 8. The smallest absolute Gasteiger partial charge is 0.360 e. The fourth-order valence-corrected chi connectivity index (χ4v) is 7.11. The van der Waals surface area contributed by atoms with Crippen LogP contribution >= 0.6 is 7.60 Å². The zero-order valence-corrected chi connectivity index (χ0v) is 27.6. The van der Waals surface area contributed by atoms with Gasteiger partial charge in [-0.15, -0.1) is 0 Å². The van der Waals surface area contributed by atoms with Crippen molar-refractivity contribution in [2.75, 3.05) is 14.2 Å². The summed E-state index contributed by atoms with van der Waals surface area (Å²) in [7, 11) is -1.51. The molecule has 250 valence electrons. The zero-order valence-electron chi connectivity index (χ0n) is 26.8. The zero-order chi connectivity index (χ0) is 32.8. The molecular formula is C34H47N4O7P. The Hall–Kier alpha value is -3.34. The molecule has 0 bridgehead atoms. The topological polar surface area (TPSA) is 141 Å². The quantitative estimate of drug-likeness (QED) is 0.163. The van der Waals surface area contributed by atoms with Crippen LogP contribution in [0.3, 0.4) is 0 Å². The number of aliphatic hydroxyl groups is 1. The number of imidazole rings is 1. The first kappa shape index (κ1) is 35.5.